The number of aromatic nitrogens is 2. The van der Waals surface area contributed by atoms with Crippen LogP contribution < -0.4 is 5.32 Å². The average Bonchev–Trinajstić information content (AvgIpc) is 2.28. The van der Waals surface area contributed by atoms with Crippen molar-refractivity contribution in [3.63, 3.8) is 0 Å². The molecule has 0 amide bonds. The summed E-state index contributed by atoms with van der Waals surface area (Å²) in [4.78, 5) is 8.95. The smallest absolute Gasteiger partial charge is 0.134 e. The van der Waals surface area contributed by atoms with E-state index >= 15 is 0 Å². The first-order valence-electron chi connectivity index (χ1n) is 5.52. The van der Waals surface area contributed by atoms with E-state index in [-0.39, 0.29) is 0 Å². The molecule has 0 radical (unpaired) electrons. The van der Waals surface area contributed by atoms with Gasteiger partial charge >= 0.3 is 0 Å². The lowest BCUT2D eigenvalue weighted by Crippen LogP contribution is -2.40. The number of rotatable bonds is 2. The van der Waals surface area contributed by atoms with Gasteiger partial charge in [-0.15, -0.1) is 0 Å². The van der Waals surface area contributed by atoms with E-state index in [1.807, 2.05) is 30.5 Å². The van der Waals surface area contributed by atoms with Crippen LogP contribution in [0.5, 0.6) is 0 Å². The Bertz CT molecular complexity index is 478. The maximum Gasteiger partial charge on any atom is 0.134 e. The van der Waals surface area contributed by atoms with Crippen LogP contribution in [0.15, 0.2) is 42.6 Å². The molecule has 1 N–H and O–H groups in total. The minimum Gasteiger partial charge on any atom is -0.315 e. The van der Waals surface area contributed by atoms with Crippen LogP contribution in [0.25, 0.3) is 11.3 Å². The Labute approximate surface area is 94.6 Å². The van der Waals surface area contributed by atoms with Gasteiger partial charge in [0.15, 0.2) is 0 Å². The molecule has 1 saturated heterocycles. The molecule has 2 heterocycles. The van der Waals surface area contributed by atoms with Gasteiger partial charge in [-0.1, -0.05) is 30.3 Å². The third-order valence-corrected chi connectivity index (χ3v) is 2.89. The Hall–Kier alpha value is -1.74. The van der Waals surface area contributed by atoms with Gasteiger partial charge in [0.25, 0.3) is 0 Å². The molecule has 0 unspecified atom stereocenters. The van der Waals surface area contributed by atoms with Crippen LogP contribution in [-0.4, -0.2) is 23.1 Å². The second-order valence-corrected chi connectivity index (χ2v) is 4.02. The Kier molecular flexibility index (Phi) is 2.38. The summed E-state index contributed by atoms with van der Waals surface area (Å²) in [6.45, 7) is 2.00. The summed E-state index contributed by atoms with van der Waals surface area (Å²) >= 11 is 0. The average molecular weight is 211 g/mol. The molecule has 0 spiro atoms. The monoisotopic (exact) mass is 211 g/mol. The van der Waals surface area contributed by atoms with E-state index in [2.05, 4.69) is 27.4 Å². The molecule has 0 aliphatic carbocycles. The van der Waals surface area contributed by atoms with Crippen molar-refractivity contribution in [2.45, 2.75) is 5.92 Å². The Balaban J connectivity index is 1.96. The quantitative estimate of drug-likeness (QED) is 0.823. The molecule has 1 aliphatic rings. The minimum atomic E-state index is 0.490. The lowest BCUT2D eigenvalue weighted by Gasteiger charge is -2.25. The largest absolute Gasteiger partial charge is 0.315 e. The lowest BCUT2D eigenvalue weighted by atomic mass is 10.0. The third-order valence-electron chi connectivity index (χ3n) is 2.89. The number of nitrogens with one attached hydrogen (secondary N) is 1. The van der Waals surface area contributed by atoms with E-state index in [1.165, 1.54) is 0 Å². The highest BCUT2D eigenvalue weighted by atomic mass is 15.0. The number of nitrogens with zero attached hydrogens (tertiary/aromatic N) is 2. The van der Waals surface area contributed by atoms with Crippen molar-refractivity contribution in [2.24, 2.45) is 0 Å². The molecular formula is C13H13N3. The molecule has 1 fully saturated rings. The van der Waals surface area contributed by atoms with Crippen molar-refractivity contribution in [1.82, 2.24) is 15.3 Å². The van der Waals surface area contributed by atoms with E-state index in [9.17, 15) is 0 Å². The van der Waals surface area contributed by atoms with Crippen LogP contribution in [0, 0.1) is 0 Å². The van der Waals surface area contributed by atoms with Crippen molar-refractivity contribution in [2.75, 3.05) is 13.1 Å². The van der Waals surface area contributed by atoms with Gasteiger partial charge in [-0.25, -0.2) is 9.97 Å². The van der Waals surface area contributed by atoms with Crippen LogP contribution in [0.1, 0.15) is 11.7 Å². The minimum absolute atomic E-state index is 0.490. The predicted molar refractivity (Wildman–Crippen MR) is 63.1 cm³/mol. The van der Waals surface area contributed by atoms with E-state index in [1.54, 1.807) is 0 Å². The zero-order valence-corrected chi connectivity index (χ0v) is 8.93. The fourth-order valence-corrected chi connectivity index (χ4v) is 1.81. The van der Waals surface area contributed by atoms with Crippen LogP contribution in [0.3, 0.4) is 0 Å². The van der Waals surface area contributed by atoms with Crippen LogP contribution >= 0.6 is 0 Å². The van der Waals surface area contributed by atoms with Crippen molar-refractivity contribution in [3.05, 3.63) is 48.4 Å². The van der Waals surface area contributed by atoms with Gasteiger partial charge in [0.1, 0.15) is 5.82 Å². The number of benzene rings is 1. The molecular weight excluding hydrogens is 198 g/mol. The van der Waals surface area contributed by atoms with Crippen LogP contribution in [0.2, 0.25) is 0 Å². The van der Waals surface area contributed by atoms with E-state index in [0.29, 0.717) is 5.92 Å². The molecule has 16 heavy (non-hydrogen) atoms. The van der Waals surface area contributed by atoms with Gasteiger partial charge in [0.05, 0.1) is 5.69 Å². The molecule has 0 saturated carbocycles. The maximum atomic E-state index is 4.61. The maximum absolute atomic E-state index is 4.61. The van der Waals surface area contributed by atoms with Crippen molar-refractivity contribution < 1.29 is 0 Å². The van der Waals surface area contributed by atoms with Gasteiger partial charge in [0.2, 0.25) is 0 Å². The third kappa shape index (κ3) is 1.70. The van der Waals surface area contributed by atoms with Gasteiger partial charge < -0.3 is 5.32 Å². The van der Waals surface area contributed by atoms with E-state index in [0.717, 1.165) is 30.2 Å². The molecule has 2 aromatic rings. The summed E-state index contributed by atoms with van der Waals surface area (Å²) in [5.74, 6) is 1.45. The molecule has 1 aromatic carbocycles. The molecule has 3 heteroatoms. The summed E-state index contributed by atoms with van der Waals surface area (Å²) in [5, 5.41) is 3.24. The summed E-state index contributed by atoms with van der Waals surface area (Å²) < 4.78 is 0. The van der Waals surface area contributed by atoms with Gasteiger partial charge in [-0.05, 0) is 6.07 Å². The first-order valence-corrected chi connectivity index (χ1v) is 5.52. The standard InChI is InChI=1S/C13H13N3/c1-2-4-10(5-3-1)12-6-7-15-13(16-12)11-8-14-9-11/h1-7,11,14H,8-9H2. The molecule has 0 atom stereocenters. The highest BCUT2D eigenvalue weighted by Crippen LogP contribution is 2.20. The molecule has 3 nitrogen and oxygen atoms in total. The highest BCUT2D eigenvalue weighted by Gasteiger charge is 2.21. The first-order chi connectivity index (χ1) is 7.93. The number of hydrogen-bond acceptors (Lipinski definition) is 3. The zero-order chi connectivity index (χ0) is 10.8. The normalized spacial score (nSPS) is 15.8. The Morgan fingerprint density at radius 1 is 1.06 bits per heavy atom. The summed E-state index contributed by atoms with van der Waals surface area (Å²) in [7, 11) is 0. The van der Waals surface area contributed by atoms with Crippen molar-refractivity contribution in [3.8, 4) is 11.3 Å². The van der Waals surface area contributed by atoms with Crippen LogP contribution in [0.4, 0.5) is 0 Å². The molecule has 80 valence electrons. The predicted octanol–water partition coefficient (Wildman–Crippen LogP) is 1.83. The zero-order valence-electron chi connectivity index (χ0n) is 8.93. The summed E-state index contributed by atoms with van der Waals surface area (Å²) in [5.41, 5.74) is 2.16. The Morgan fingerprint density at radius 2 is 1.88 bits per heavy atom. The van der Waals surface area contributed by atoms with E-state index < -0.39 is 0 Å². The van der Waals surface area contributed by atoms with Crippen molar-refractivity contribution in [1.29, 1.82) is 0 Å². The van der Waals surface area contributed by atoms with Gasteiger partial charge in [-0.3, -0.25) is 0 Å². The second kappa shape index (κ2) is 4.02. The summed E-state index contributed by atoms with van der Waals surface area (Å²) in [6.07, 6.45) is 1.85. The molecule has 3 rings (SSSR count). The Morgan fingerprint density at radius 3 is 2.56 bits per heavy atom. The first kappa shape index (κ1) is 9.48. The van der Waals surface area contributed by atoms with E-state index in [4.69, 9.17) is 0 Å². The van der Waals surface area contributed by atoms with Crippen molar-refractivity contribution >= 4 is 0 Å². The van der Waals surface area contributed by atoms with Gasteiger partial charge in [-0.2, -0.15) is 0 Å². The van der Waals surface area contributed by atoms with Gasteiger partial charge in [0, 0.05) is 30.8 Å². The summed E-state index contributed by atoms with van der Waals surface area (Å²) in [6, 6.07) is 12.2. The molecule has 0 bridgehead atoms. The SMILES string of the molecule is c1ccc(-c2ccnc(C3CNC3)n2)cc1. The lowest BCUT2D eigenvalue weighted by molar-refractivity contribution is 0.430. The second-order valence-electron chi connectivity index (χ2n) is 4.02. The highest BCUT2D eigenvalue weighted by molar-refractivity contribution is 5.58. The fraction of sp³-hybridized carbons (Fsp3) is 0.231. The number of hydrogen-bond donors (Lipinski definition) is 1. The van der Waals surface area contributed by atoms with Crippen LogP contribution in [-0.2, 0) is 0 Å². The topological polar surface area (TPSA) is 37.8 Å². The molecule has 1 aliphatic heterocycles. The fourth-order valence-electron chi connectivity index (χ4n) is 1.81. The molecule has 1 aromatic heterocycles.